The fourth-order valence-electron chi connectivity index (χ4n) is 4.72. The molecule has 0 spiro atoms. The monoisotopic (exact) mass is 434 g/mol. The van der Waals surface area contributed by atoms with Gasteiger partial charge in [0.05, 0.1) is 42.9 Å². The molecule has 1 unspecified atom stereocenters. The summed E-state index contributed by atoms with van der Waals surface area (Å²) in [5.74, 6) is -0.511. The number of likely N-dealkylation sites (tertiary alicyclic amines) is 1. The number of ether oxygens (including phenoxy) is 1. The number of amides is 2. The maximum absolute atomic E-state index is 13.3. The summed E-state index contributed by atoms with van der Waals surface area (Å²) in [5, 5.41) is 8.07. The van der Waals surface area contributed by atoms with Gasteiger partial charge in [-0.1, -0.05) is 13.0 Å². The molecule has 4 heterocycles. The maximum Gasteiger partial charge on any atom is 0.313 e. The number of carbonyl (C=O) groups is 2. The molecule has 32 heavy (non-hydrogen) atoms. The smallest absolute Gasteiger partial charge is 0.313 e. The molecular formula is C23H26N6O3. The highest BCUT2D eigenvalue weighted by Gasteiger charge is 2.35. The Morgan fingerprint density at radius 2 is 2.00 bits per heavy atom. The largest absolute Gasteiger partial charge is 0.383 e. The summed E-state index contributed by atoms with van der Waals surface area (Å²) in [5.41, 5.74) is 9.97. The van der Waals surface area contributed by atoms with Crippen LogP contribution in [0.1, 0.15) is 42.5 Å². The van der Waals surface area contributed by atoms with E-state index in [0.717, 1.165) is 40.4 Å². The van der Waals surface area contributed by atoms with Crippen LogP contribution in [0.15, 0.2) is 30.6 Å². The molecule has 1 aromatic carbocycles. The van der Waals surface area contributed by atoms with Crippen molar-refractivity contribution in [1.29, 1.82) is 0 Å². The zero-order valence-corrected chi connectivity index (χ0v) is 18.2. The fraction of sp³-hybridized carbons (Fsp3) is 0.391. The number of piperidine rings is 1. The second-order valence-electron chi connectivity index (χ2n) is 8.70. The molecule has 5 rings (SSSR count). The molecule has 0 aliphatic carbocycles. The van der Waals surface area contributed by atoms with E-state index in [4.69, 9.17) is 10.5 Å². The highest BCUT2D eigenvalue weighted by atomic mass is 16.5. The van der Waals surface area contributed by atoms with Crippen LogP contribution in [-0.4, -0.2) is 38.0 Å². The lowest BCUT2D eigenvalue weighted by atomic mass is 9.89. The van der Waals surface area contributed by atoms with E-state index in [2.05, 4.69) is 28.4 Å². The summed E-state index contributed by atoms with van der Waals surface area (Å²) < 4.78 is 7.27. The quantitative estimate of drug-likeness (QED) is 0.599. The Bertz CT molecular complexity index is 1220. The number of hydrogen-bond donors (Lipinski definition) is 2. The van der Waals surface area contributed by atoms with Crippen molar-refractivity contribution >= 4 is 34.2 Å². The van der Waals surface area contributed by atoms with Gasteiger partial charge in [0, 0.05) is 30.1 Å². The number of aryl methyl sites for hydroxylation is 1. The third-order valence-corrected chi connectivity index (χ3v) is 6.50. The number of pyridine rings is 1. The lowest BCUT2D eigenvalue weighted by molar-refractivity contribution is -0.146. The Labute approximate surface area is 185 Å². The van der Waals surface area contributed by atoms with Crippen molar-refractivity contribution in [2.45, 2.75) is 39.0 Å². The number of aromatic nitrogens is 3. The topological polar surface area (TPSA) is 115 Å². The van der Waals surface area contributed by atoms with Gasteiger partial charge in [-0.2, -0.15) is 5.10 Å². The van der Waals surface area contributed by atoms with Crippen LogP contribution in [0.2, 0.25) is 0 Å². The average molecular weight is 435 g/mol. The van der Waals surface area contributed by atoms with Crippen LogP contribution in [-0.2, 0) is 34.6 Å². The van der Waals surface area contributed by atoms with Crippen LogP contribution >= 0.6 is 0 Å². The number of nitrogens with zero attached hydrogens (tertiary/aromatic N) is 4. The van der Waals surface area contributed by atoms with Crippen molar-refractivity contribution in [1.82, 2.24) is 19.7 Å². The molecule has 3 N–H and O–H groups in total. The summed E-state index contributed by atoms with van der Waals surface area (Å²) in [6.07, 6.45) is 5.10. The van der Waals surface area contributed by atoms with E-state index in [1.165, 1.54) is 6.20 Å². The minimum atomic E-state index is -0.674. The Hall–Kier alpha value is -3.46. The number of anilines is 2. The predicted molar refractivity (Wildman–Crippen MR) is 119 cm³/mol. The highest BCUT2D eigenvalue weighted by Crippen LogP contribution is 2.35. The van der Waals surface area contributed by atoms with Crippen molar-refractivity contribution in [2.24, 2.45) is 13.0 Å². The first kappa shape index (κ1) is 20.4. The van der Waals surface area contributed by atoms with Gasteiger partial charge in [0.2, 0.25) is 0 Å². The maximum atomic E-state index is 13.3. The molecule has 1 saturated heterocycles. The third-order valence-electron chi connectivity index (χ3n) is 6.50. The number of nitrogens with two attached hydrogens (primary N) is 1. The molecule has 166 valence electrons. The number of hydrogen-bond acceptors (Lipinski definition) is 6. The predicted octanol–water partition coefficient (Wildman–Crippen LogP) is 2.52. The lowest BCUT2D eigenvalue weighted by Gasteiger charge is -2.38. The molecule has 0 bridgehead atoms. The molecule has 2 atom stereocenters. The van der Waals surface area contributed by atoms with Crippen molar-refractivity contribution in [3.05, 3.63) is 47.3 Å². The van der Waals surface area contributed by atoms with E-state index >= 15 is 0 Å². The standard InChI is InChI=1S/C23H26N6O3/c1-13-3-5-20(14-4-6-19-15(7-14)8-26-28(19)2)29(10-13)23(31)22(30)27-18-9-25-21(24)17-12-32-11-16(17)18/h4,6-9,13,20H,3,5,10-12H2,1-2H3,(H2,24,25)(H,27,30)/t13-,20?/m0/s1. The van der Waals surface area contributed by atoms with Gasteiger partial charge in [-0.25, -0.2) is 4.98 Å². The summed E-state index contributed by atoms with van der Waals surface area (Å²) >= 11 is 0. The normalized spacial score (nSPS) is 20.4. The van der Waals surface area contributed by atoms with Crippen LogP contribution in [0.25, 0.3) is 10.9 Å². The first-order chi connectivity index (χ1) is 15.4. The van der Waals surface area contributed by atoms with Gasteiger partial charge in [0.1, 0.15) is 5.82 Å². The summed E-state index contributed by atoms with van der Waals surface area (Å²) in [7, 11) is 1.90. The molecule has 2 aliphatic rings. The van der Waals surface area contributed by atoms with Gasteiger partial charge in [0.15, 0.2) is 0 Å². The van der Waals surface area contributed by atoms with Crippen LogP contribution in [0, 0.1) is 5.92 Å². The molecule has 3 aromatic rings. The molecule has 2 amide bonds. The molecular weight excluding hydrogens is 408 g/mol. The number of nitrogens with one attached hydrogen (secondary N) is 1. The van der Waals surface area contributed by atoms with E-state index in [1.54, 1.807) is 4.90 Å². The third kappa shape index (κ3) is 3.48. The second kappa shape index (κ2) is 7.90. The summed E-state index contributed by atoms with van der Waals surface area (Å²) in [6, 6.07) is 5.95. The van der Waals surface area contributed by atoms with E-state index < -0.39 is 11.8 Å². The molecule has 1 fully saturated rings. The zero-order chi connectivity index (χ0) is 22.4. The van der Waals surface area contributed by atoms with Gasteiger partial charge in [-0.15, -0.1) is 0 Å². The van der Waals surface area contributed by atoms with Crippen LogP contribution < -0.4 is 11.1 Å². The number of rotatable bonds is 2. The minimum Gasteiger partial charge on any atom is -0.383 e. The van der Waals surface area contributed by atoms with Crippen LogP contribution in [0.4, 0.5) is 11.5 Å². The fourth-order valence-corrected chi connectivity index (χ4v) is 4.72. The van der Waals surface area contributed by atoms with Gasteiger partial charge < -0.3 is 20.7 Å². The Morgan fingerprint density at radius 3 is 2.84 bits per heavy atom. The second-order valence-corrected chi connectivity index (χ2v) is 8.70. The van der Waals surface area contributed by atoms with E-state index in [9.17, 15) is 9.59 Å². The SMILES string of the molecule is C[C@H]1CCC(c2ccc3c(cnn3C)c2)N(C(=O)C(=O)Nc2cnc(N)c3c2COC3)C1. The molecule has 2 aromatic heterocycles. The average Bonchev–Trinajstić information content (AvgIpc) is 3.43. The highest BCUT2D eigenvalue weighted by molar-refractivity contribution is 6.39. The minimum absolute atomic E-state index is 0.160. The Balaban J connectivity index is 1.41. The lowest BCUT2D eigenvalue weighted by Crippen LogP contribution is -2.46. The first-order valence-corrected chi connectivity index (χ1v) is 10.8. The molecule has 9 heteroatoms. The number of benzene rings is 1. The van der Waals surface area contributed by atoms with Gasteiger partial charge in [0.25, 0.3) is 0 Å². The van der Waals surface area contributed by atoms with E-state index in [1.807, 2.05) is 30.1 Å². The number of nitrogen functional groups attached to an aromatic ring is 1. The van der Waals surface area contributed by atoms with Crippen molar-refractivity contribution in [3.8, 4) is 0 Å². The summed E-state index contributed by atoms with van der Waals surface area (Å²) in [6.45, 7) is 3.32. The zero-order valence-electron chi connectivity index (χ0n) is 18.2. The molecule has 9 nitrogen and oxygen atoms in total. The van der Waals surface area contributed by atoms with E-state index in [0.29, 0.717) is 37.2 Å². The van der Waals surface area contributed by atoms with Crippen LogP contribution in [0.5, 0.6) is 0 Å². The Morgan fingerprint density at radius 1 is 1.19 bits per heavy atom. The van der Waals surface area contributed by atoms with Gasteiger partial charge in [-0.3, -0.25) is 14.3 Å². The van der Waals surface area contributed by atoms with Crippen LogP contribution in [0.3, 0.4) is 0 Å². The van der Waals surface area contributed by atoms with Gasteiger partial charge in [-0.05, 0) is 36.5 Å². The number of carbonyl (C=O) groups excluding carboxylic acids is 2. The molecule has 0 radical (unpaired) electrons. The van der Waals surface area contributed by atoms with Crippen molar-refractivity contribution in [3.63, 3.8) is 0 Å². The van der Waals surface area contributed by atoms with Crippen molar-refractivity contribution in [2.75, 3.05) is 17.6 Å². The van der Waals surface area contributed by atoms with Crippen molar-refractivity contribution < 1.29 is 14.3 Å². The molecule has 0 saturated carbocycles. The van der Waals surface area contributed by atoms with Gasteiger partial charge >= 0.3 is 11.8 Å². The first-order valence-electron chi connectivity index (χ1n) is 10.8. The number of fused-ring (bicyclic) bond motifs is 2. The summed E-state index contributed by atoms with van der Waals surface area (Å²) in [4.78, 5) is 32.1. The van der Waals surface area contributed by atoms with E-state index in [-0.39, 0.29) is 6.04 Å². The molecule has 2 aliphatic heterocycles. The Kier molecular flexibility index (Phi) is 5.05.